The first-order chi connectivity index (χ1) is 7.75. The number of hydrogen-bond acceptors (Lipinski definition) is 1. The highest BCUT2D eigenvalue weighted by Crippen LogP contribution is 2.26. The van der Waals surface area contributed by atoms with E-state index in [0.717, 1.165) is 19.3 Å². The Hall–Kier alpha value is -0.850. The van der Waals surface area contributed by atoms with Crippen molar-refractivity contribution in [3.8, 4) is 0 Å². The third-order valence-corrected chi connectivity index (χ3v) is 3.32. The molecular formula is C15H24O. The Morgan fingerprint density at radius 3 is 2.94 bits per heavy atom. The summed E-state index contributed by atoms with van der Waals surface area (Å²) in [6, 6.07) is 0. The summed E-state index contributed by atoms with van der Waals surface area (Å²) in [5.41, 5.74) is 0. The van der Waals surface area contributed by atoms with Gasteiger partial charge in [0.2, 0.25) is 0 Å². The molecule has 0 radical (unpaired) electrons. The van der Waals surface area contributed by atoms with Crippen molar-refractivity contribution in [2.24, 2.45) is 11.8 Å². The van der Waals surface area contributed by atoms with E-state index in [0.29, 0.717) is 11.7 Å². The Morgan fingerprint density at radius 1 is 1.44 bits per heavy atom. The Balaban J connectivity index is 2.40. The number of Topliss-reactive ketones (excluding diaryl/α,β-unsaturated/α-hetero) is 1. The molecule has 1 aliphatic rings. The highest BCUT2D eigenvalue weighted by atomic mass is 16.1. The summed E-state index contributed by atoms with van der Waals surface area (Å²) < 4.78 is 0. The number of carbonyl (C=O) groups excluding carboxylic acids is 1. The lowest BCUT2D eigenvalue weighted by molar-refractivity contribution is -0.121. The molecule has 90 valence electrons. The maximum atomic E-state index is 11.5. The van der Waals surface area contributed by atoms with Gasteiger partial charge in [-0.2, -0.15) is 0 Å². The topological polar surface area (TPSA) is 17.1 Å². The monoisotopic (exact) mass is 220 g/mol. The van der Waals surface area contributed by atoms with E-state index in [1.54, 1.807) is 6.92 Å². The fraction of sp³-hybridized carbons (Fsp3) is 0.667. The van der Waals surface area contributed by atoms with Crippen molar-refractivity contribution < 1.29 is 4.79 Å². The van der Waals surface area contributed by atoms with Gasteiger partial charge in [0.25, 0.3) is 0 Å². The zero-order chi connectivity index (χ0) is 11.8. The van der Waals surface area contributed by atoms with Gasteiger partial charge in [-0.05, 0) is 32.6 Å². The van der Waals surface area contributed by atoms with Gasteiger partial charge in [-0.25, -0.2) is 0 Å². The second-order valence-corrected chi connectivity index (χ2v) is 4.72. The Morgan fingerprint density at radius 2 is 2.25 bits per heavy atom. The number of ketones is 1. The van der Waals surface area contributed by atoms with Crippen LogP contribution < -0.4 is 0 Å². The molecule has 16 heavy (non-hydrogen) atoms. The number of carbonyl (C=O) groups is 1. The molecule has 0 spiro atoms. The number of allylic oxidation sites excluding steroid dienone is 4. The molecule has 0 aliphatic heterocycles. The van der Waals surface area contributed by atoms with Crippen LogP contribution >= 0.6 is 0 Å². The first-order valence-electron chi connectivity index (χ1n) is 6.59. The third kappa shape index (κ3) is 4.34. The van der Waals surface area contributed by atoms with E-state index in [1.807, 2.05) is 0 Å². The van der Waals surface area contributed by atoms with Gasteiger partial charge in [0.1, 0.15) is 5.78 Å². The fourth-order valence-electron chi connectivity index (χ4n) is 2.29. The lowest BCUT2D eigenvalue weighted by Crippen LogP contribution is -2.21. The van der Waals surface area contributed by atoms with Crippen molar-refractivity contribution in [2.45, 2.75) is 52.4 Å². The summed E-state index contributed by atoms with van der Waals surface area (Å²) in [5.74, 6) is 0.924. The van der Waals surface area contributed by atoms with Crippen LogP contribution in [0.15, 0.2) is 24.3 Å². The molecule has 0 aromatic heterocycles. The van der Waals surface area contributed by atoms with Crippen LogP contribution in [0.4, 0.5) is 0 Å². The minimum absolute atomic E-state index is 0.229. The van der Waals surface area contributed by atoms with Crippen molar-refractivity contribution in [3.63, 3.8) is 0 Å². The zero-order valence-corrected chi connectivity index (χ0v) is 10.6. The van der Waals surface area contributed by atoms with E-state index in [4.69, 9.17) is 0 Å². The lowest BCUT2D eigenvalue weighted by atomic mass is 9.81. The molecule has 1 nitrogen and oxygen atoms in total. The number of unbranched alkanes of at least 4 members (excludes halogenated alkanes) is 3. The molecule has 0 aromatic carbocycles. The van der Waals surface area contributed by atoms with Crippen LogP contribution in [-0.2, 0) is 4.79 Å². The SMILES string of the molecule is CCCCC/C=C/[C@@H]1C=CCC[C@@H]1C(C)=O. The van der Waals surface area contributed by atoms with E-state index in [-0.39, 0.29) is 5.92 Å². The van der Waals surface area contributed by atoms with Gasteiger partial charge in [0.15, 0.2) is 0 Å². The normalized spacial score (nSPS) is 25.1. The number of hydrogen-bond donors (Lipinski definition) is 0. The molecule has 0 heterocycles. The summed E-state index contributed by atoms with van der Waals surface area (Å²) in [7, 11) is 0. The van der Waals surface area contributed by atoms with Crippen LogP contribution in [-0.4, -0.2) is 5.78 Å². The molecule has 1 aliphatic carbocycles. The van der Waals surface area contributed by atoms with Crippen LogP contribution in [0.2, 0.25) is 0 Å². The molecule has 2 atom stereocenters. The summed E-state index contributed by atoms with van der Waals surface area (Å²) >= 11 is 0. The van der Waals surface area contributed by atoms with Gasteiger partial charge in [-0.15, -0.1) is 0 Å². The van der Waals surface area contributed by atoms with Gasteiger partial charge in [0, 0.05) is 11.8 Å². The van der Waals surface area contributed by atoms with Crippen LogP contribution in [0.25, 0.3) is 0 Å². The van der Waals surface area contributed by atoms with Gasteiger partial charge >= 0.3 is 0 Å². The minimum Gasteiger partial charge on any atom is -0.300 e. The molecular weight excluding hydrogens is 196 g/mol. The molecule has 0 saturated carbocycles. The standard InChI is InChI=1S/C15H24O/c1-3-4-5-6-7-10-14-11-8-9-12-15(14)13(2)16/h7-8,10-11,14-15H,3-6,9,12H2,1-2H3/b10-7+/t14-,15-/m1/s1. The van der Waals surface area contributed by atoms with Crippen molar-refractivity contribution >= 4 is 5.78 Å². The van der Waals surface area contributed by atoms with Crippen molar-refractivity contribution in [1.82, 2.24) is 0 Å². The average molecular weight is 220 g/mol. The molecule has 0 fully saturated rings. The molecule has 0 amide bonds. The molecule has 0 aromatic rings. The minimum atomic E-state index is 0.229. The third-order valence-electron chi connectivity index (χ3n) is 3.32. The highest BCUT2D eigenvalue weighted by Gasteiger charge is 2.22. The Kier molecular flexibility index (Phi) is 6.14. The van der Waals surface area contributed by atoms with Crippen LogP contribution in [0, 0.1) is 11.8 Å². The lowest BCUT2D eigenvalue weighted by Gasteiger charge is -2.22. The second kappa shape index (κ2) is 7.43. The van der Waals surface area contributed by atoms with Gasteiger partial charge < -0.3 is 0 Å². The second-order valence-electron chi connectivity index (χ2n) is 4.72. The highest BCUT2D eigenvalue weighted by molar-refractivity contribution is 5.79. The van der Waals surface area contributed by atoms with E-state index < -0.39 is 0 Å². The number of rotatable bonds is 6. The summed E-state index contributed by atoms with van der Waals surface area (Å²) in [4.78, 5) is 11.5. The average Bonchev–Trinajstić information content (AvgIpc) is 2.29. The van der Waals surface area contributed by atoms with Crippen LogP contribution in [0.5, 0.6) is 0 Å². The van der Waals surface area contributed by atoms with E-state index in [9.17, 15) is 4.79 Å². The molecule has 0 bridgehead atoms. The quantitative estimate of drug-likeness (QED) is 0.482. The van der Waals surface area contributed by atoms with Crippen LogP contribution in [0.3, 0.4) is 0 Å². The van der Waals surface area contributed by atoms with E-state index in [1.165, 1.54) is 19.3 Å². The maximum absolute atomic E-state index is 11.5. The fourth-order valence-corrected chi connectivity index (χ4v) is 2.29. The first-order valence-corrected chi connectivity index (χ1v) is 6.59. The van der Waals surface area contributed by atoms with Crippen molar-refractivity contribution in [2.75, 3.05) is 0 Å². The van der Waals surface area contributed by atoms with Gasteiger partial charge in [0.05, 0.1) is 0 Å². The Bertz CT molecular complexity index is 263. The molecule has 0 unspecified atom stereocenters. The summed E-state index contributed by atoms with van der Waals surface area (Å²) in [6.45, 7) is 3.95. The first kappa shape index (κ1) is 13.2. The largest absolute Gasteiger partial charge is 0.300 e. The maximum Gasteiger partial charge on any atom is 0.133 e. The molecule has 0 saturated heterocycles. The van der Waals surface area contributed by atoms with Crippen LogP contribution in [0.1, 0.15) is 52.4 Å². The predicted molar refractivity (Wildman–Crippen MR) is 69.3 cm³/mol. The molecule has 1 rings (SSSR count). The van der Waals surface area contributed by atoms with Gasteiger partial charge in [-0.1, -0.05) is 44.1 Å². The van der Waals surface area contributed by atoms with E-state index in [2.05, 4.69) is 31.2 Å². The smallest absolute Gasteiger partial charge is 0.133 e. The van der Waals surface area contributed by atoms with Crippen molar-refractivity contribution in [1.29, 1.82) is 0 Å². The molecule has 0 N–H and O–H groups in total. The zero-order valence-electron chi connectivity index (χ0n) is 10.6. The van der Waals surface area contributed by atoms with E-state index >= 15 is 0 Å². The Labute approximate surface area is 99.6 Å². The van der Waals surface area contributed by atoms with Gasteiger partial charge in [-0.3, -0.25) is 4.79 Å². The predicted octanol–water partition coefficient (Wildman–Crippen LogP) is 4.29. The summed E-state index contributed by atoms with van der Waals surface area (Å²) in [5, 5.41) is 0. The molecule has 1 heteroatoms. The summed E-state index contributed by atoms with van der Waals surface area (Å²) in [6.07, 6.45) is 16.0. The van der Waals surface area contributed by atoms with Crippen molar-refractivity contribution in [3.05, 3.63) is 24.3 Å².